The molecule has 0 aromatic carbocycles. The predicted molar refractivity (Wildman–Crippen MR) is 69.6 cm³/mol. The van der Waals surface area contributed by atoms with Crippen molar-refractivity contribution >= 4 is 17.7 Å². The Morgan fingerprint density at radius 2 is 2.33 bits per heavy atom. The Morgan fingerprint density at radius 3 is 2.86 bits per heavy atom. The zero-order chi connectivity index (χ0) is 15.8. The Balaban J connectivity index is 2.44. The van der Waals surface area contributed by atoms with E-state index in [1.165, 1.54) is 24.2 Å². The van der Waals surface area contributed by atoms with Crippen LogP contribution in [0.4, 0.5) is 5.82 Å². The fourth-order valence-electron chi connectivity index (χ4n) is 1.56. The van der Waals surface area contributed by atoms with E-state index in [0.29, 0.717) is 0 Å². The fourth-order valence-corrected chi connectivity index (χ4v) is 1.56. The summed E-state index contributed by atoms with van der Waals surface area (Å²) in [5.74, 6) is -1.91. The van der Waals surface area contributed by atoms with Gasteiger partial charge in [0.05, 0.1) is 0 Å². The molecular weight excluding hydrogens is 284 g/mol. The molecule has 1 aromatic heterocycles. The minimum atomic E-state index is -1.14. The van der Waals surface area contributed by atoms with Crippen LogP contribution in [0.5, 0.6) is 0 Å². The number of nitrogens with one attached hydrogen (secondary N) is 1. The molecule has 0 aliphatic rings. The van der Waals surface area contributed by atoms with Gasteiger partial charge < -0.3 is 29.8 Å². The summed E-state index contributed by atoms with van der Waals surface area (Å²) in [5, 5.41) is 21.7. The number of nitro groups is 1. The van der Waals surface area contributed by atoms with E-state index in [0.717, 1.165) is 0 Å². The van der Waals surface area contributed by atoms with Crippen LogP contribution in [0, 0.1) is 10.1 Å². The van der Waals surface area contributed by atoms with Crippen molar-refractivity contribution < 1.29 is 24.4 Å². The predicted octanol–water partition coefficient (Wildman–Crippen LogP) is -0.213. The van der Waals surface area contributed by atoms with Gasteiger partial charge in [-0.25, -0.2) is 4.79 Å². The number of aromatic nitrogens is 2. The average molecular weight is 300 g/mol. The van der Waals surface area contributed by atoms with Gasteiger partial charge in [-0.05, 0) is 9.91 Å². The molecule has 21 heavy (non-hydrogen) atoms. The maximum atomic E-state index is 11.7. The van der Waals surface area contributed by atoms with E-state index >= 15 is 0 Å². The molecule has 0 spiro atoms. The number of ether oxygens (including phenoxy) is 1. The third kappa shape index (κ3) is 5.57. The molecule has 0 bridgehead atoms. The van der Waals surface area contributed by atoms with Crippen LogP contribution in [0.25, 0.3) is 0 Å². The second kappa shape index (κ2) is 7.94. The molecule has 0 aliphatic carbocycles. The van der Waals surface area contributed by atoms with Crippen molar-refractivity contribution in [2.24, 2.45) is 0 Å². The van der Waals surface area contributed by atoms with Gasteiger partial charge in [0.1, 0.15) is 12.2 Å². The highest BCUT2D eigenvalue weighted by Gasteiger charge is 2.19. The van der Waals surface area contributed by atoms with Crippen molar-refractivity contribution in [1.82, 2.24) is 14.9 Å². The molecule has 116 valence electrons. The number of hydrogen-bond acceptors (Lipinski definition) is 6. The number of aryl methyl sites for hydroxylation is 1. The maximum Gasteiger partial charge on any atom is 0.381 e. The molecule has 1 rings (SSSR count). The van der Waals surface area contributed by atoms with Crippen LogP contribution in [0.3, 0.4) is 0 Å². The lowest BCUT2D eigenvalue weighted by molar-refractivity contribution is -0.389. The molecule has 1 heterocycles. The average Bonchev–Trinajstić information content (AvgIpc) is 2.90. The minimum Gasteiger partial charge on any atom is -0.480 e. The highest BCUT2D eigenvalue weighted by molar-refractivity contribution is 5.83. The molecule has 1 unspecified atom stereocenters. The molecule has 1 aromatic rings. The van der Waals surface area contributed by atoms with Crippen molar-refractivity contribution in [3.63, 3.8) is 0 Å². The largest absolute Gasteiger partial charge is 0.480 e. The number of imidazole rings is 1. The van der Waals surface area contributed by atoms with Gasteiger partial charge in [0.2, 0.25) is 12.2 Å². The quantitative estimate of drug-likeness (QED) is 0.475. The summed E-state index contributed by atoms with van der Waals surface area (Å²) in [6, 6.07) is -1.02. The number of carboxylic acid groups (broad SMARTS) is 1. The van der Waals surface area contributed by atoms with Crippen molar-refractivity contribution in [3.05, 3.63) is 22.6 Å². The molecule has 2 N–H and O–H groups in total. The highest BCUT2D eigenvalue weighted by Crippen LogP contribution is 2.06. The van der Waals surface area contributed by atoms with Gasteiger partial charge in [0, 0.05) is 33.1 Å². The Hall–Kier alpha value is -2.49. The number of carbonyl (C=O) groups excluding carboxylic acids is 1. The van der Waals surface area contributed by atoms with Gasteiger partial charge in [-0.2, -0.15) is 0 Å². The van der Waals surface area contributed by atoms with Crippen LogP contribution in [0.2, 0.25) is 0 Å². The topological polar surface area (TPSA) is 137 Å². The summed E-state index contributed by atoms with van der Waals surface area (Å²) in [7, 11) is 1.44. The number of hydrogen-bond donors (Lipinski definition) is 2. The third-order valence-corrected chi connectivity index (χ3v) is 2.65. The fraction of sp³-hybridized carbons (Fsp3) is 0.545. The van der Waals surface area contributed by atoms with Crippen LogP contribution >= 0.6 is 0 Å². The van der Waals surface area contributed by atoms with E-state index in [9.17, 15) is 19.7 Å². The standard InChI is InChI=1S/C11H16N4O6/c1-21-5-3-8(11(17)18)13-10(16)2-4-14-6-9(12-7-14)15(19)20/h6-8H,2-5H2,1H3,(H,13,16)(H,17,18). The SMILES string of the molecule is COCCC(NC(=O)CCn1cnc([N+](=O)[O-])c1)C(=O)O. The van der Waals surface area contributed by atoms with E-state index in [2.05, 4.69) is 10.3 Å². The third-order valence-electron chi connectivity index (χ3n) is 2.65. The van der Waals surface area contributed by atoms with Crippen molar-refractivity contribution in [3.8, 4) is 0 Å². The lowest BCUT2D eigenvalue weighted by Gasteiger charge is -2.13. The zero-order valence-electron chi connectivity index (χ0n) is 11.4. The van der Waals surface area contributed by atoms with Crippen LogP contribution in [-0.4, -0.2) is 51.2 Å². The maximum absolute atomic E-state index is 11.7. The number of amides is 1. The smallest absolute Gasteiger partial charge is 0.381 e. The molecule has 0 saturated carbocycles. The van der Waals surface area contributed by atoms with E-state index in [-0.39, 0.29) is 31.8 Å². The summed E-state index contributed by atoms with van der Waals surface area (Å²) in [6.45, 7) is 0.383. The lowest BCUT2D eigenvalue weighted by atomic mass is 10.2. The van der Waals surface area contributed by atoms with Gasteiger partial charge in [-0.3, -0.25) is 4.79 Å². The number of rotatable bonds is 9. The first kappa shape index (κ1) is 16.6. The van der Waals surface area contributed by atoms with Gasteiger partial charge in [0.25, 0.3) is 0 Å². The van der Waals surface area contributed by atoms with E-state index < -0.39 is 22.8 Å². The number of nitrogens with zero attached hydrogens (tertiary/aromatic N) is 3. The number of carbonyl (C=O) groups is 2. The zero-order valence-corrected chi connectivity index (χ0v) is 11.4. The van der Waals surface area contributed by atoms with Crippen LogP contribution in [-0.2, 0) is 20.9 Å². The summed E-state index contributed by atoms with van der Waals surface area (Å²) in [4.78, 5) is 35.9. The van der Waals surface area contributed by atoms with Crippen LogP contribution in [0.1, 0.15) is 12.8 Å². The molecule has 1 amide bonds. The van der Waals surface area contributed by atoms with Gasteiger partial charge in [0.15, 0.2) is 0 Å². The second-order valence-electron chi connectivity index (χ2n) is 4.22. The number of carboxylic acids is 1. The van der Waals surface area contributed by atoms with E-state index in [1.54, 1.807) is 0 Å². The monoisotopic (exact) mass is 300 g/mol. The molecule has 0 fully saturated rings. The van der Waals surface area contributed by atoms with Crippen molar-refractivity contribution in [2.75, 3.05) is 13.7 Å². The molecule has 0 radical (unpaired) electrons. The van der Waals surface area contributed by atoms with Gasteiger partial charge in [-0.1, -0.05) is 0 Å². The van der Waals surface area contributed by atoms with Gasteiger partial charge >= 0.3 is 11.8 Å². The summed E-state index contributed by atoms with van der Waals surface area (Å²) in [6.07, 6.45) is 2.59. The molecule has 0 aliphatic heterocycles. The van der Waals surface area contributed by atoms with E-state index in [4.69, 9.17) is 9.84 Å². The first-order valence-electron chi connectivity index (χ1n) is 6.11. The highest BCUT2D eigenvalue weighted by atomic mass is 16.6. The summed E-state index contributed by atoms with van der Waals surface area (Å²) in [5.41, 5.74) is 0. The number of methoxy groups -OCH3 is 1. The normalized spacial score (nSPS) is 11.9. The van der Waals surface area contributed by atoms with Crippen molar-refractivity contribution in [1.29, 1.82) is 0 Å². The van der Waals surface area contributed by atoms with Crippen LogP contribution in [0.15, 0.2) is 12.5 Å². The summed E-state index contributed by atoms with van der Waals surface area (Å²) < 4.78 is 6.16. The Morgan fingerprint density at radius 1 is 1.62 bits per heavy atom. The molecule has 0 saturated heterocycles. The van der Waals surface area contributed by atoms with Crippen LogP contribution < -0.4 is 5.32 Å². The lowest BCUT2D eigenvalue weighted by Crippen LogP contribution is -2.41. The Bertz CT molecular complexity index is 515. The molecule has 1 atom stereocenters. The molecule has 10 heteroatoms. The Kier molecular flexibility index (Phi) is 6.27. The first-order valence-corrected chi connectivity index (χ1v) is 6.11. The molecule has 10 nitrogen and oxygen atoms in total. The Labute approximate surface area is 119 Å². The van der Waals surface area contributed by atoms with E-state index in [1.807, 2.05) is 0 Å². The summed E-state index contributed by atoms with van der Waals surface area (Å²) >= 11 is 0. The molecular formula is C11H16N4O6. The second-order valence-corrected chi connectivity index (χ2v) is 4.22. The van der Waals surface area contributed by atoms with Gasteiger partial charge in [-0.15, -0.1) is 0 Å². The first-order chi connectivity index (χ1) is 9.93. The van der Waals surface area contributed by atoms with Crippen molar-refractivity contribution in [2.45, 2.75) is 25.4 Å². The minimum absolute atomic E-state index is 0.00965. The number of aliphatic carboxylic acids is 1.